The van der Waals surface area contributed by atoms with Crippen molar-refractivity contribution in [3.8, 4) is 0 Å². The molecule has 1 saturated carbocycles. The smallest absolute Gasteiger partial charge is 0.247 e. The first kappa shape index (κ1) is 24.9. The average Bonchev–Trinajstić information content (AvgIpc) is 3.47. The fourth-order valence-electron chi connectivity index (χ4n) is 4.14. The number of amides is 3. The van der Waals surface area contributed by atoms with Crippen molar-refractivity contribution in [1.29, 1.82) is 0 Å². The first-order valence-electron chi connectivity index (χ1n) is 11.8. The van der Waals surface area contributed by atoms with Gasteiger partial charge in [-0.05, 0) is 31.7 Å². The van der Waals surface area contributed by atoms with E-state index in [2.05, 4.69) is 22.5 Å². The summed E-state index contributed by atoms with van der Waals surface area (Å²) in [7, 11) is 0. The maximum Gasteiger partial charge on any atom is 0.247 e. The Kier molecular flexibility index (Phi) is 9.42. The minimum absolute atomic E-state index is 0.0416. The van der Waals surface area contributed by atoms with Crippen molar-refractivity contribution in [2.75, 3.05) is 11.9 Å². The molecule has 1 atom stereocenters. The van der Waals surface area contributed by atoms with Crippen molar-refractivity contribution in [3.05, 3.63) is 47.0 Å². The number of hydrogen-bond donors (Lipinski definition) is 2. The van der Waals surface area contributed by atoms with Crippen LogP contribution in [0.5, 0.6) is 0 Å². The number of thiazole rings is 1. The van der Waals surface area contributed by atoms with Gasteiger partial charge in [0.15, 0.2) is 5.13 Å². The number of nitrogens with zero attached hydrogens (tertiary/aromatic N) is 2. The van der Waals surface area contributed by atoms with Crippen LogP contribution in [0, 0.1) is 6.92 Å². The second kappa shape index (κ2) is 12.5. The normalized spacial score (nSPS) is 14.6. The van der Waals surface area contributed by atoms with E-state index in [1.807, 2.05) is 42.6 Å². The van der Waals surface area contributed by atoms with Crippen LogP contribution in [0.1, 0.15) is 75.6 Å². The first-order valence-corrected chi connectivity index (χ1v) is 12.7. The molecule has 2 aromatic rings. The monoisotopic (exact) mass is 470 g/mol. The van der Waals surface area contributed by atoms with Crippen LogP contribution in [0.4, 0.5) is 5.13 Å². The number of carbonyl (C=O) groups is 3. The summed E-state index contributed by atoms with van der Waals surface area (Å²) in [6.07, 6.45) is 5.97. The molecule has 1 aliphatic carbocycles. The van der Waals surface area contributed by atoms with Crippen molar-refractivity contribution < 1.29 is 14.4 Å². The lowest BCUT2D eigenvalue weighted by Gasteiger charge is -2.32. The van der Waals surface area contributed by atoms with Crippen molar-refractivity contribution in [3.63, 3.8) is 0 Å². The number of rotatable bonds is 11. The molecule has 33 heavy (non-hydrogen) atoms. The summed E-state index contributed by atoms with van der Waals surface area (Å²) < 4.78 is 0. The second-order valence-electron chi connectivity index (χ2n) is 8.59. The van der Waals surface area contributed by atoms with Crippen LogP contribution < -0.4 is 10.6 Å². The Morgan fingerprint density at radius 1 is 1.15 bits per heavy atom. The number of aryl methyl sites for hydroxylation is 1. The summed E-state index contributed by atoms with van der Waals surface area (Å²) in [4.78, 5) is 45.0. The Morgan fingerprint density at radius 3 is 2.52 bits per heavy atom. The summed E-state index contributed by atoms with van der Waals surface area (Å²) in [6, 6.07) is 8.92. The Balaban J connectivity index is 1.72. The van der Waals surface area contributed by atoms with E-state index >= 15 is 0 Å². The van der Waals surface area contributed by atoms with E-state index < -0.39 is 6.04 Å². The molecule has 178 valence electrons. The van der Waals surface area contributed by atoms with E-state index in [0.717, 1.165) is 49.8 Å². The lowest BCUT2D eigenvalue weighted by molar-refractivity contribution is -0.141. The zero-order valence-corrected chi connectivity index (χ0v) is 20.3. The van der Waals surface area contributed by atoms with Crippen LogP contribution in [0.3, 0.4) is 0 Å². The van der Waals surface area contributed by atoms with Crippen molar-refractivity contribution in [2.24, 2.45) is 0 Å². The molecule has 1 aromatic heterocycles. The number of aromatic nitrogens is 1. The van der Waals surface area contributed by atoms with Gasteiger partial charge >= 0.3 is 0 Å². The summed E-state index contributed by atoms with van der Waals surface area (Å²) in [5, 5.41) is 8.32. The standard InChI is InChI=1S/C25H34N4O3S/c1-3-4-16-29(22(31)15-14-21(30)28-25-26-18(2)17-33-25)23(19-10-6-5-7-11-19)24(32)27-20-12-8-9-13-20/h5-7,10-11,17,20,23H,3-4,8-9,12-16H2,1-2H3,(H,27,32)(H,26,28,30). The molecule has 1 heterocycles. The summed E-state index contributed by atoms with van der Waals surface area (Å²) >= 11 is 1.36. The summed E-state index contributed by atoms with van der Waals surface area (Å²) in [6.45, 7) is 4.39. The topological polar surface area (TPSA) is 91.4 Å². The van der Waals surface area contributed by atoms with E-state index in [4.69, 9.17) is 0 Å². The molecular weight excluding hydrogens is 436 g/mol. The third-order valence-corrected chi connectivity index (χ3v) is 6.76. The van der Waals surface area contributed by atoms with Crippen LogP contribution in [0.15, 0.2) is 35.7 Å². The molecule has 0 spiro atoms. The fraction of sp³-hybridized carbons (Fsp3) is 0.520. The van der Waals surface area contributed by atoms with Crippen molar-refractivity contribution >= 4 is 34.2 Å². The summed E-state index contributed by atoms with van der Waals surface area (Å²) in [5.41, 5.74) is 1.64. The lowest BCUT2D eigenvalue weighted by Crippen LogP contribution is -2.46. The van der Waals surface area contributed by atoms with E-state index in [1.54, 1.807) is 4.90 Å². The highest BCUT2D eigenvalue weighted by molar-refractivity contribution is 7.13. The van der Waals surface area contributed by atoms with Crippen LogP contribution in [0.2, 0.25) is 0 Å². The number of unbranched alkanes of at least 4 members (excludes halogenated alkanes) is 1. The minimum Gasteiger partial charge on any atom is -0.351 e. The van der Waals surface area contributed by atoms with E-state index in [9.17, 15) is 14.4 Å². The number of anilines is 1. The van der Waals surface area contributed by atoms with Crippen LogP contribution in [-0.4, -0.2) is 40.2 Å². The van der Waals surface area contributed by atoms with Gasteiger partial charge in [-0.15, -0.1) is 11.3 Å². The molecule has 7 nitrogen and oxygen atoms in total. The molecule has 0 bridgehead atoms. The predicted molar refractivity (Wildman–Crippen MR) is 131 cm³/mol. The van der Waals surface area contributed by atoms with Gasteiger partial charge in [0, 0.05) is 30.8 Å². The van der Waals surface area contributed by atoms with Gasteiger partial charge in [0.1, 0.15) is 6.04 Å². The van der Waals surface area contributed by atoms with Crippen molar-refractivity contribution in [1.82, 2.24) is 15.2 Å². The third-order valence-electron chi connectivity index (χ3n) is 5.88. The zero-order chi connectivity index (χ0) is 23.6. The van der Waals surface area contributed by atoms with Gasteiger partial charge < -0.3 is 15.5 Å². The molecule has 0 saturated heterocycles. The number of benzene rings is 1. The molecule has 1 fully saturated rings. The maximum absolute atomic E-state index is 13.4. The van der Waals surface area contributed by atoms with Gasteiger partial charge in [-0.2, -0.15) is 0 Å². The van der Waals surface area contributed by atoms with E-state index in [-0.39, 0.29) is 36.6 Å². The molecule has 0 radical (unpaired) electrons. The Hall–Kier alpha value is -2.74. The van der Waals surface area contributed by atoms with Gasteiger partial charge in [-0.1, -0.05) is 56.5 Å². The van der Waals surface area contributed by atoms with E-state index in [0.29, 0.717) is 11.7 Å². The number of hydrogen-bond acceptors (Lipinski definition) is 5. The molecule has 3 rings (SSSR count). The van der Waals surface area contributed by atoms with Crippen LogP contribution >= 0.6 is 11.3 Å². The molecule has 1 aromatic carbocycles. The molecular formula is C25H34N4O3S. The second-order valence-corrected chi connectivity index (χ2v) is 9.44. The first-order chi connectivity index (χ1) is 16.0. The molecule has 0 aliphatic heterocycles. The molecule has 3 amide bonds. The maximum atomic E-state index is 13.4. The largest absolute Gasteiger partial charge is 0.351 e. The third kappa shape index (κ3) is 7.39. The minimum atomic E-state index is -0.699. The van der Waals surface area contributed by atoms with Crippen LogP contribution in [0.25, 0.3) is 0 Å². The van der Waals surface area contributed by atoms with Gasteiger partial charge in [-0.25, -0.2) is 4.98 Å². The highest BCUT2D eigenvalue weighted by atomic mass is 32.1. The highest BCUT2D eigenvalue weighted by Gasteiger charge is 2.32. The van der Waals surface area contributed by atoms with E-state index in [1.165, 1.54) is 11.3 Å². The Bertz CT molecular complexity index is 925. The highest BCUT2D eigenvalue weighted by Crippen LogP contribution is 2.25. The lowest BCUT2D eigenvalue weighted by atomic mass is 10.0. The molecule has 2 N–H and O–H groups in total. The zero-order valence-electron chi connectivity index (χ0n) is 19.5. The SMILES string of the molecule is CCCCN(C(=O)CCC(=O)Nc1nc(C)cs1)C(C(=O)NC1CCCC1)c1ccccc1. The number of carbonyl (C=O) groups excluding carboxylic acids is 3. The predicted octanol–water partition coefficient (Wildman–Crippen LogP) is 4.60. The van der Waals surface area contributed by atoms with Gasteiger partial charge in [0.2, 0.25) is 17.7 Å². The average molecular weight is 471 g/mol. The Morgan fingerprint density at radius 2 is 1.88 bits per heavy atom. The van der Waals surface area contributed by atoms with Gasteiger partial charge in [0.25, 0.3) is 0 Å². The van der Waals surface area contributed by atoms with Crippen molar-refractivity contribution in [2.45, 2.75) is 77.3 Å². The quantitative estimate of drug-likeness (QED) is 0.502. The van der Waals surface area contributed by atoms with Crippen LogP contribution in [-0.2, 0) is 14.4 Å². The molecule has 1 aliphatic rings. The molecule has 8 heteroatoms. The number of nitrogens with one attached hydrogen (secondary N) is 2. The molecule has 1 unspecified atom stereocenters. The van der Waals surface area contributed by atoms with Gasteiger partial charge in [0.05, 0.1) is 5.69 Å². The Labute approximate surface area is 200 Å². The fourth-order valence-corrected chi connectivity index (χ4v) is 4.85. The van der Waals surface area contributed by atoms with Gasteiger partial charge in [-0.3, -0.25) is 14.4 Å². The summed E-state index contributed by atoms with van der Waals surface area (Å²) in [5.74, 6) is -0.579.